The quantitative estimate of drug-likeness (QED) is 0.914. The standard InChI is InChI=1S/C15H20N6OS/c1-12-10-19-14(23-12)2-3-18-15(22)21-8-6-20(7-9-21)13-11-16-4-5-17-13/h4-5,10-11H,2-3,6-9H2,1H3,(H,18,22). The van der Waals surface area contributed by atoms with Crippen LogP contribution in [-0.4, -0.2) is 58.6 Å². The third-order valence-corrected chi connectivity index (χ3v) is 4.70. The second-order valence-electron chi connectivity index (χ2n) is 5.38. The summed E-state index contributed by atoms with van der Waals surface area (Å²) in [7, 11) is 0. The Hall–Kier alpha value is -2.22. The van der Waals surface area contributed by atoms with Crippen LogP contribution < -0.4 is 10.2 Å². The van der Waals surface area contributed by atoms with E-state index in [1.54, 1.807) is 29.9 Å². The Kier molecular flexibility index (Phi) is 5.02. The molecule has 0 aliphatic carbocycles. The highest BCUT2D eigenvalue weighted by atomic mass is 32.1. The predicted octanol–water partition coefficient (Wildman–Crippen LogP) is 1.32. The van der Waals surface area contributed by atoms with Crippen molar-refractivity contribution in [2.75, 3.05) is 37.6 Å². The summed E-state index contributed by atoms with van der Waals surface area (Å²) >= 11 is 1.68. The van der Waals surface area contributed by atoms with Gasteiger partial charge in [0.15, 0.2) is 0 Å². The van der Waals surface area contributed by atoms with Crippen molar-refractivity contribution in [1.29, 1.82) is 0 Å². The number of nitrogens with one attached hydrogen (secondary N) is 1. The Morgan fingerprint density at radius 3 is 2.70 bits per heavy atom. The van der Waals surface area contributed by atoms with Crippen molar-refractivity contribution >= 4 is 23.2 Å². The molecule has 8 heteroatoms. The van der Waals surface area contributed by atoms with Crippen molar-refractivity contribution in [3.63, 3.8) is 0 Å². The van der Waals surface area contributed by atoms with Crippen LogP contribution in [-0.2, 0) is 6.42 Å². The van der Waals surface area contributed by atoms with Crippen molar-refractivity contribution in [1.82, 2.24) is 25.2 Å². The fourth-order valence-corrected chi connectivity index (χ4v) is 3.28. The Morgan fingerprint density at radius 1 is 1.22 bits per heavy atom. The van der Waals surface area contributed by atoms with E-state index in [0.717, 1.165) is 30.3 Å². The van der Waals surface area contributed by atoms with Gasteiger partial charge in [0.25, 0.3) is 0 Å². The van der Waals surface area contributed by atoms with Crippen LogP contribution in [0.5, 0.6) is 0 Å². The fraction of sp³-hybridized carbons (Fsp3) is 0.467. The number of aromatic nitrogens is 3. The number of nitrogens with zero attached hydrogens (tertiary/aromatic N) is 5. The smallest absolute Gasteiger partial charge is 0.317 e. The molecule has 122 valence electrons. The number of thiazole rings is 1. The molecule has 1 saturated heterocycles. The van der Waals surface area contributed by atoms with Gasteiger partial charge in [-0.1, -0.05) is 0 Å². The fourth-order valence-electron chi connectivity index (χ4n) is 2.50. The highest BCUT2D eigenvalue weighted by Crippen LogP contribution is 2.12. The zero-order valence-electron chi connectivity index (χ0n) is 13.1. The summed E-state index contributed by atoms with van der Waals surface area (Å²) in [5, 5.41) is 4.04. The Morgan fingerprint density at radius 2 is 2.04 bits per heavy atom. The number of hydrogen-bond acceptors (Lipinski definition) is 6. The van der Waals surface area contributed by atoms with Gasteiger partial charge in [-0.15, -0.1) is 11.3 Å². The van der Waals surface area contributed by atoms with Crippen molar-refractivity contribution < 1.29 is 4.79 Å². The van der Waals surface area contributed by atoms with Crippen molar-refractivity contribution in [2.24, 2.45) is 0 Å². The minimum atomic E-state index is -0.00271. The molecule has 0 unspecified atom stereocenters. The van der Waals surface area contributed by atoms with Gasteiger partial charge in [-0.25, -0.2) is 14.8 Å². The molecule has 2 aromatic heterocycles. The van der Waals surface area contributed by atoms with E-state index < -0.39 is 0 Å². The van der Waals surface area contributed by atoms with Gasteiger partial charge in [0.2, 0.25) is 0 Å². The molecule has 1 aliphatic heterocycles. The zero-order valence-corrected chi connectivity index (χ0v) is 13.9. The van der Waals surface area contributed by atoms with E-state index in [1.807, 2.05) is 18.0 Å². The van der Waals surface area contributed by atoms with Crippen LogP contribution >= 0.6 is 11.3 Å². The summed E-state index contributed by atoms with van der Waals surface area (Å²) in [6.07, 6.45) is 7.76. The van der Waals surface area contributed by atoms with Crippen LogP contribution in [0.4, 0.5) is 10.6 Å². The van der Waals surface area contributed by atoms with Crippen LogP contribution in [0.1, 0.15) is 9.88 Å². The number of hydrogen-bond donors (Lipinski definition) is 1. The van der Waals surface area contributed by atoms with Crippen LogP contribution in [0.2, 0.25) is 0 Å². The highest BCUT2D eigenvalue weighted by Gasteiger charge is 2.21. The molecule has 0 aromatic carbocycles. The summed E-state index contributed by atoms with van der Waals surface area (Å²) in [6, 6.07) is -0.00271. The minimum absolute atomic E-state index is 0.00271. The van der Waals surface area contributed by atoms with E-state index >= 15 is 0 Å². The van der Waals surface area contributed by atoms with E-state index in [2.05, 4.69) is 25.2 Å². The largest absolute Gasteiger partial charge is 0.352 e. The van der Waals surface area contributed by atoms with Gasteiger partial charge in [0.05, 0.1) is 11.2 Å². The lowest BCUT2D eigenvalue weighted by Gasteiger charge is -2.35. The van der Waals surface area contributed by atoms with Crippen LogP contribution in [0.25, 0.3) is 0 Å². The van der Waals surface area contributed by atoms with Gasteiger partial charge in [-0.2, -0.15) is 0 Å². The lowest BCUT2D eigenvalue weighted by molar-refractivity contribution is 0.194. The van der Waals surface area contributed by atoms with E-state index in [0.29, 0.717) is 19.6 Å². The number of carbonyl (C=O) groups excluding carboxylic acids is 1. The first-order chi connectivity index (χ1) is 11.2. The van der Waals surface area contributed by atoms with Gasteiger partial charge in [0.1, 0.15) is 5.82 Å². The molecule has 3 heterocycles. The van der Waals surface area contributed by atoms with Gasteiger partial charge >= 0.3 is 6.03 Å². The normalized spacial score (nSPS) is 14.8. The average molecular weight is 332 g/mol. The van der Waals surface area contributed by atoms with Gasteiger partial charge in [-0.3, -0.25) is 4.98 Å². The average Bonchev–Trinajstić information content (AvgIpc) is 3.01. The zero-order chi connectivity index (χ0) is 16.1. The molecule has 1 aliphatic rings. The number of rotatable bonds is 4. The molecule has 1 fully saturated rings. The molecule has 0 spiro atoms. The number of piperazine rings is 1. The molecule has 2 amide bonds. The maximum atomic E-state index is 12.2. The summed E-state index contributed by atoms with van der Waals surface area (Å²) < 4.78 is 0. The molecule has 0 radical (unpaired) electrons. The van der Waals surface area contributed by atoms with Gasteiger partial charge in [-0.05, 0) is 6.92 Å². The molecule has 0 saturated carbocycles. The summed E-state index contributed by atoms with van der Waals surface area (Å²) in [5.74, 6) is 0.867. The molecule has 23 heavy (non-hydrogen) atoms. The molecule has 3 rings (SSSR count). The summed E-state index contributed by atoms with van der Waals surface area (Å²) in [6.45, 7) is 5.60. The van der Waals surface area contributed by atoms with Crippen molar-refractivity contribution in [2.45, 2.75) is 13.3 Å². The second kappa shape index (κ2) is 7.36. The SMILES string of the molecule is Cc1cnc(CCNC(=O)N2CCN(c3cnccn3)CC2)s1. The Labute approximate surface area is 139 Å². The van der Waals surface area contributed by atoms with E-state index in [4.69, 9.17) is 0 Å². The van der Waals surface area contributed by atoms with E-state index in [9.17, 15) is 4.79 Å². The Bertz CT molecular complexity index is 638. The van der Waals surface area contributed by atoms with E-state index in [-0.39, 0.29) is 6.03 Å². The molecule has 1 N–H and O–H groups in total. The van der Waals surface area contributed by atoms with Crippen molar-refractivity contribution in [3.8, 4) is 0 Å². The Balaban J connectivity index is 1.41. The first-order valence-corrected chi connectivity index (χ1v) is 8.49. The maximum Gasteiger partial charge on any atom is 0.317 e. The molecular weight excluding hydrogens is 312 g/mol. The molecule has 2 aromatic rings. The lowest BCUT2D eigenvalue weighted by atomic mass is 10.3. The molecule has 0 bridgehead atoms. The predicted molar refractivity (Wildman–Crippen MR) is 89.8 cm³/mol. The number of anilines is 1. The summed E-state index contributed by atoms with van der Waals surface area (Å²) in [5.41, 5.74) is 0. The van der Waals surface area contributed by atoms with E-state index in [1.165, 1.54) is 4.88 Å². The number of amides is 2. The summed E-state index contributed by atoms with van der Waals surface area (Å²) in [4.78, 5) is 30.1. The number of carbonyl (C=O) groups is 1. The molecule has 7 nitrogen and oxygen atoms in total. The third-order valence-electron chi connectivity index (χ3n) is 3.72. The van der Waals surface area contributed by atoms with Crippen LogP contribution in [0, 0.1) is 6.92 Å². The third kappa shape index (κ3) is 4.16. The number of aryl methyl sites for hydroxylation is 1. The number of urea groups is 1. The van der Waals surface area contributed by atoms with Gasteiger partial charge in [0, 0.05) is 62.6 Å². The molecule has 0 atom stereocenters. The van der Waals surface area contributed by atoms with Crippen LogP contribution in [0.3, 0.4) is 0 Å². The topological polar surface area (TPSA) is 74.2 Å². The van der Waals surface area contributed by atoms with Crippen LogP contribution in [0.15, 0.2) is 24.8 Å². The maximum absolute atomic E-state index is 12.2. The highest BCUT2D eigenvalue weighted by molar-refractivity contribution is 7.11. The first kappa shape index (κ1) is 15.7. The van der Waals surface area contributed by atoms with Crippen molar-refractivity contribution in [3.05, 3.63) is 34.7 Å². The molecular formula is C15H20N6OS. The van der Waals surface area contributed by atoms with Gasteiger partial charge < -0.3 is 15.1 Å². The first-order valence-electron chi connectivity index (χ1n) is 7.67. The lowest BCUT2D eigenvalue weighted by Crippen LogP contribution is -2.52. The second-order valence-corrected chi connectivity index (χ2v) is 6.70. The monoisotopic (exact) mass is 332 g/mol. The minimum Gasteiger partial charge on any atom is -0.352 e.